The van der Waals surface area contributed by atoms with Crippen molar-refractivity contribution in [2.75, 3.05) is 26.7 Å². The van der Waals surface area contributed by atoms with E-state index in [1.54, 1.807) is 25.4 Å². The number of nitrogens with zero attached hydrogens (tertiary/aromatic N) is 2. The van der Waals surface area contributed by atoms with Crippen LogP contribution in [0.4, 0.5) is 0 Å². The van der Waals surface area contributed by atoms with E-state index in [0.717, 1.165) is 36.9 Å². The number of likely N-dealkylation sites (tertiary alicyclic amines) is 1. The number of hydrogen-bond donors (Lipinski definition) is 2. The Balaban J connectivity index is 1.62. The molecule has 0 atom stereocenters. The van der Waals surface area contributed by atoms with Crippen molar-refractivity contribution >= 4 is 28.9 Å². The first-order chi connectivity index (χ1) is 14.1. The van der Waals surface area contributed by atoms with Crippen LogP contribution in [0, 0.1) is 0 Å². The topological polar surface area (TPSA) is 96.6 Å². The molecule has 0 bridgehead atoms. The lowest BCUT2D eigenvalue weighted by atomic mass is 10.1. The van der Waals surface area contributed by atoms with Crippen LogP contribution < -0.4 is 5.32 Å². The lowest BCUT2D eigenvalue weighted by Gasteiger charge is -2.30. The zero-order chi connectivity index (χ0) is 20.4. The number of nitrogens with one attached hydrogen (secondary N) is 2. The SMILES string of the molecule is CCOC(=O)C1=C(NC2CCN(C)CC2)OC(=Cc2c[nH]c3ncccc23)C1=O. The fraction of sp³-hybridized carbons (Fsp3) is 0.381. The van der Waals surface area contributed by atoms with Gasteiger partial charge < -0.3 is 24.7 Å². The van der Waals surface area contributed by atoms with Gasteiger partial charge in [0, 0.05) is 29.4 Å². The molecule has 8 heteroatoms. The van der Waals surface area contributed by atoms with Gasteiger partial charge in [0.1, 0.15) is 5.65 Å². The zero-order valence-electron chi connectivity index (χ0n) is 16.5. The van der Waals surface area contributed by atoms with Crippen LogP contribution in [0.15, 0.2) is 41.7 Å². The average Bonchev–Trinajstić information content (AvgIpc) is 3.25. The third kappa shape index (κ3) is 3.88. The lowest BCUT2D eigenvalue weighted by molar-refractivity contribution is -0.139. The number of ketones is 1. The molecule has 1 saturated heterocycles. The van der Waals surface area contributed by atoms with Crippen molar-refractivity contribution in [3.63, 3.8) is 0 Å². The molecule has 152 valence electrons. The van der Waals surface area contributed by atoms with Gasteiger partial charge in [0.2, 0.25) is 11.7 Å². The van der Waals surface area contributed by atoms with E-state index in [2.05, 4.69) is 27.2 Å². The summed E-state index contributed by atoms with van der Waals surface area (Å²) in [5, 5.41) is 4.12. The van der Waals surface area contributed by atoms with E-state index in [4.69, 9.17) is 9.47 Å². The van der Waals surface area contributed by atoms with Gasteiger partial charge in [0.15, 0.2) is 11.3 Å². The van der Waals surface area contributed by atoms with Crippen molar-refractivity contribution in [2.45, 2.75) is 25.8 Å². The fourth-order valence-electron chi connectivity index (χ4n) is 3.60. The van der Waals surface area contributed by atoms with Gasteiger partial charge >= 0.3 is 5.97 Å². The Hall–Kier alpha value is -3.13. The number of piperidine rings is 1. The van der Waals surface area contributed by atoms with Crippen LogP contribution in [0.3, 0.4) is 0 Å². The first kappa shape index (κ1) is 19.2. The Morgan fingerprint density at radius 2 is 2.24 bits per heavy atom. The highest BCUT2D eigenvalue weighted by atomic mass is 16.5. The van der Waals surface area contributed by atoms with E-state index >= 15 is 0 Å². The van der Waals surface area contributed by atoms with Crippen LogP contribution in [0.25, 0.3) is 17.1 Å². The highest BCUT2D eigenvalue weighted by Gasteiger charge is 2.38. The van der Waals surface area contributed by atoms with E-state index in [9.17, 15) is 9.59 Å². The number of pyridine rings is 1. The van der Waals surface area contributed by atoms with Crippen molar-refractivity contribution in [1.29, 1.82) is 0 Å². The number of fused-ring (bicyclic) bond motifs is 1. The van der Waals surface area contributed by atoms with Crippen molar-refractivity contribution < 1.29 is 19.1 Å². The molecule has 0 unspecified atom stereocenters. The molecule has 0 saturated carbocycles. The van der Waals surface area contributed by atoms with Crippen molar-refractivity contribution in [3.8, 4) is 0 Å². The molecule has 2 aliphatic rings. The van der Waals surface area contributed by atoms with Gasteiger partial charge in [-0.15, -0.1) is 0 Å². The van der Waals surface area contributed by atoms with Gasteiger partial charge in [-0.2, -0.15) is 0 Å². The molecule has 29 heavy (non-hydrogen) atoms. The summed E-state index contributed by atoms with van der Waals surface area (Å²) in [4.78, 5) is 35.0. The number of aromatic amines is 1. The normalized spacial score (nSPS) is 19.8. The van der Waals surface area contributed by atoms with E-state index in [1.165, 1.54) is 0 Å². The molecule has 0 radical (unpaired) electrons. The second-order valence-electron chi connectivity index (χ2n) is 7.23. The summed E-state index contributed by atoms with van der Waals surface area (Å²) in [7, 11) is 2.08. The largest absolute Gasteiger partial charge is 0.462 e. The minimum atomic E-state index is -0.670. The Labute approximate surface area is 168 Å². The summed E-state index contributed by atoms with van der Waals surface area (Å²) in [5.74, 6) is -0.866. The maximum atomic E-state index is 13.0. The van der Waals surface area contributed by atoms with Gasteiger partial charge in [-0.25, -0.2) is 9.78 Å². The fourth-order valence-corrected chi connectivity index (χ4v) is 3.60. The predicted octanol–water partition coefficient (Wildman–Crippen LogP) is 1.96. The average molecular weight is 396 g/mol. The van der Waals surface area contributed by atoms with Crippen LogP contribution in [0.2, 0.25) is 0 Å². The second kappa shape index (κ2) is 8.08. The van der Waals surface area contributed by atoms with E-state index in [-0.39, 0.29) is 29.9 Å². The molecule has 2 N–H and O–H groups in total. The molecule has 4 rings (SSSR count). The predicted molar refractivity (Wildman–Crippen MR) is 107 cm³/mol. The number of carbonyl (C=O) groups is 2. The lowest BCUT2D eigenvalue weighted by Crippen LogP contribution is -2.41. The monoisotopic (exact) mass is 396 g/mol. The van der Waals surface area contributed by atoms with Crippen molar-refractivity contribution in [2.24, 2.45) is 0 Å². The van der Waals surface area contributed by atoms with Crippen LogP contribution >= 0.6 is 0 Å². The summed E-state index contributed by atoms with van der Waals surface area (Å²) in [6.45, 7) is 3.78. The Morgan fingerprint density at radius 1 is 1.45 bits per heavy atom. The minimum absolute atomic E-state index is 0.0741. The van der Waals surface area contributed by atoms with Gasteiger partial charge in [0.25, 0.3) is 0 Å². The van der Waals surface area contributed by atoms with E-state index in [1.807, 2.05) is 12.1 Å². The standard InChI is InChI=1S/C21H24N4O4/c1-3-28-21(27)17-18(26)16(11-13-12-23-19-15(13)5-4-8-22-19)29-20(17)24-14-6-9-25(2)10-7-14/h4-5,8,11-12,14,24H,3,6-7,9-10H2,1-2H3,(H,22,23). The molecular weight excluding hydrogens is 372 g/mol. The van der Waals surface area contributed by atoms with Gasteiger partial charge in [0.05, 0.1) is 6.61 Å². The summed E-state index contributed by atoms with van der Waals surface area (Å²) in [6, 6.07) is 3.86. The molecule has 0 aliphatic carbocycles. The molecule has 0 spiro atoms. The molecule has 8 nitrogen and oxygen atoms in total. The third-order valence-electron chi connectivity index (χ3n) is 5.19. The van der Waals surface area contributed by atoms with Crippen LogP contribution in [0.5, 0.6) is 0 Å². The molecule has 1 fully saturated rings. The number of ether oxygens (including phenoxy) is 2. The quantitative estimate of drug-likeness (QED) is 0.453. The first-order valence-corrected chi connectivity index (χ1v) is 9.79. The maximum absolute atomic E-state index is 13.0. The van der Waals surface area contributed by atoms with Crippen LogP contribution in [-0.4, -0.2) is 59.4 Å². The number of hydrogen-bond acceptors (Lipinski definition) is 7. The summed E-state index contributed by atoms with van der Waals surface area (Å²) in [5.41, 5.74) is 1.41. The number of Topliss-reactive ketones (excluding diaryl/α,β-unsaturated/α-hetero) is 1. The number of carbonyl (C=O) groups excluding carboxylic acids is 2. The summed E-state index contributed by atoms with van der Waals surface area (Å²) in [6.07, 6.45) is 6.89. The van der Waals surface area contributed by atoms with Crippen LogP contribution in [0.1, 0.15) is 25.3 Å². The van der Waals surface area contributed by atoms with Crippen molar-refractivity contribution in [3.05, 3.63) is 47.3 Å². The number of rotatable bonds is 5. The summed E-state index contributed by atoms with van der Waals surface area (Å²) < 4.78 is 10.9. The zero-order valence-corrected chi connectivity index (χ0v) is 16.5. The number of aromatic nitrogens is 2. The minimum Gasteiger partial charge on any atom is -0.462 e. The molecule has 2 aromatic rings. The Kier molecular flexibility index (Phi) is 5.35. The van der Waals surface area contributed by atoms with Gasteiger partial charge in [-0.1, -0.05) is 0 Å². The maximum Gasteiger partial charge on any atom is 0.347 e. The van der Waals surface area contributed by atoms with Gasteiger partial charge in [-0.3, -0.25) is 4.79 Å². The smallest absolute Gasteiger partial charge is 0.347 e. The highest BCUT2D eigenvalue weighted by molar-refractivity contribution is 6.26. The van der Waals surface area contributed by atoms with Crippen LogP contribution in [-0.2, 0) is 19.1 Å². The van der Waals surface area contributed by atoms with E-state index in [0.29, 0.717) is 5.65 Å². The van der Waals surface area contributed by atoms with E-state index < -0.39 is 11.8 Å². The molecule has 0 amide bonds. The molecule has 0 aromatic carbocycles. The van der Waals surface area contributed by atoms with Gasteiger partial charge in [-0.05, 0) is 58.1 Å². The third-order valence-corrected chi connectivity index (χ3v) is 5.19. The highest BCUT2D eigenvalue weighted by Crippen LogP contribution is 2.29. The molecule has 2 aromatic heterocycles. The van der Waals surface area contributed by atoms with Crippen molar-refractivity contribution in [1.82, 2.24) is 20.2 Å². The first-order valence-electron chi connectivity index (χ1n) is 9.79. The molecule has 2 aliphatic heterocycles. The second-order valence-corrected chi connectivity index (χ2v) is 7.23. The molecule has 4 heterocycles. The number of allylic oxidation sites excluding steroid dienone is 1. The number of esters is 1. The summed E-state index contributed by atoms with van der Waals surface area (Å²) >= 11 is 0. The molecular formula is C21H24N4O4. The number of H-pyrrole nitrogens is 1. The Bertz CT molecular complexity index is 999. The Morgan fingerprint density at radius 3 is 3.00 bits per heavy atom.